The molecule has 2 rings (SSSR count). The van der Waals surface area contributed by atoms with Gasteiger partial charge in [0.25, 0.3) is 0 Å². The summed E-state index contributed by atoms with van der Waals surface area (Å²) >= 11 is 12.2. The quantitative estimate of drug-likeness (QED) is 0.871. The number of carbonyl (C=O) groups is 1. The highest BCUT2D eigenvalue weighted by Gasteiger charge is 2.44. The van der Waals surface area contributed by atoms with Crippen molar-refractivity contribution < 1.29 is 19.0 Å². The summed E-state index contributed by atoms with van der Waals surface area (Å²) in [5.41, 5.74) is 0.626. The van der Waals surface area contributed by atoms with E-state index < -0.39 is 5.79 Å². The van der Waals surface area contributed by atoms with Crippen molar-refractivity contribution in [2.45, 2.75) is 32.7 Å². The molecule has 1 aliphatic rings. The first kappa shape index (κ1) is 20.2. The molecule has 1 N–H and O–H groups in total. The molecule has 1 aromatic rings. The number of halogens is 2. The Hall–Kier alpha value is -0.850. The van der Waals surface area contributed by atoms with Crippen LogP contribution >= 0.6 is 23.2 Å². The summed E-state index contributed by atoms with van der Waals surface area (Å²) in [4.78, 5) is 11.2. The first-order valence-electron chi connectivity index (χ1n) is 7.47. The van der Waals surface area contributed by atoms with E-state index in [0.29, 0.717) is 28.8 Å². The Labute approximate surface area is 147 Å². The second-order valence-electron chi connectivity index (χ2n) is 4.79. The maximum absolute atomic E-state index is 11.2. The van der Waals surface area contributed by atoms with E-state index in [4.69, 9.17) is 37.4 Å². The maximum Gasteiger partial charge on any atom is 0.217 e. The van der Waals surface area contributed by atoms with Crippen LogP contribution in [0.15, 0.2) is 18.2 Å². The number of amides is 1. The SMILES string of the molecule is CC.COCC1COC(CNC(C)=O)(c2ccc(Cl)cc2Cl)O1. The van der Waals surface area contributed by atoms with Crippen molar-refractivity contribution in [2.75, 3.05) is 26.9 Å². The Morgan fingerprint density at radius 1 is 1.43 bits per heavy atom. The molecule has 0 aromatic heterocycles. The van der Waals surface area contributed by atoms with Crippen LogP contribution in [-0.4, -0.2) is 38.9 Å². The second kappa shape index (κ2) is 9.45. The van der Waals surface area contributed by atoms with Crippen LogP contribution in [0.4, 0.5) is 0 Å². The number of nitrogens with one attached hydrogen (secondary N) is 1. The van der Waals surface area contributed by atoms with Gasteiger partial charge >= 0.3 is 0 Å². The molecule has 1 fully saturated rings. The number of methoxy groups -OCH3 is 1. The van der Waals surface area contributed by atoms with Gasteiger partial charge in [-0.05, 0) is 12.1 Å². The molecule has 2 atom stereocenters. The minimum Gasteiger partial charge on any atom is -0.382 e. The summed E-state index contributed by atoms with van der Waals surface area (Å²) < 4.78 is 16.9. The zero-order valence-corrected chi connectivity index (χ0v) is 15.3. The molecule has 0 radical (unpaired) electrons. The van der Waals surface area contributed by atoms with Gasteiger partial charge in [0.1, 0.15) is 6.10 Å². The van der Waals surface area contributed by atoms with E-state index in [0.717, 1.165) is 0 Å². The average Bonchev–Trinajstić information content (AvgIpc) is 2.92. The first-order valence-corrected chi connectivity index (χ1v) is 8.23. The van der Waals surface area contributed by atoms with Gasteiger partial charge in [-0.1, -0.05) is 43.1 Å². The Bertz CT molecular complexity index is 527. The lowest BCUT2D eigenvalue weighted by Crippen LogP contribution is -2.42. The predicted molar refractivity (Wildman–Crippen MR) is 90.9 cm³/mol. The molecule has 1 aromatic carbocycles. The van der Waals surface area contributed by atoms with E-state index in [2.05, 4.69) is 5.32 Å². The van der Waals surface area contributed by atoms with Crippen molar-refractivity contribution >= 4 is 29.1 Å². The van der Waals surface area contributed by atoms with Crippen LogP contribution in [0.25, 0.3) is 0 Å². The lowest BCUT2D eigenvalue weighted by atomic mass is 10.1. The van der Waals surface area contributed by atoms with Crippen molar-refractivity contribution in [1.29, 1.82) is 0 Å². The van der Waals surface area contributed by atoms with Crippen molar-refractivity contribution in [3.63, 3.8) is 0 Å². The number of hydrogen-bond donors (Lipinski definition) is 1. The number of benzene rings is 1. The molecule has 7 heteroatoms. The van der Waals surface area contributed by atoms with Crippen LogP contribution in [0.5, 0.6) is 0 Å². The third-order valence-corrected chi connectivity index (χ3v) is 3.67. The largest absolute Gasteiger partial charge is 0.382 e. The molecule has 0 saturated carbocycles. The molecule has 1 saturated heterocycles. The van der Waals surface area contributed by atoms with Crippen LogP contribution in [0, 0.1) is 0 Å². The molecule has 0 aliphatic carbocycles. The van der Waals surface area contributed by atoms with Gasteiger partial charge in [0.15, 0.2) is 0 Å². The predicted octanol–water partition coefficient (Wildman–Crippen LogP) is 3.37. The topological polar surface area (TPSA) is 56.8 Å². The normalized spacial score (nSPS) is 23.1. The van der Waals surface area contributed by atoms with Gasteiger partial charge in [0.05, 0.1) is 24.8 Å². The Balaban J connectivity index is 0.00000127. The molecule has 0 bridgehead atoms. The molecule has 130 valence electrons. The number of ether oxygens (including phenoxy) is 3. The molecule has 1 heterocycles. The fourth-order valence-corrected chi connectivity index (χ4v) is 2.75. The van der Waals surface area contributed by atoms with E-state index >= 15 is 0 Å². The standard InChI is InChI=1S/C14H17Cl2NO4.C2H6/c1-9(18)17-8-14(20-7-11(21-14)6-19-2)12-4-3-10(15)5-13(12)16;1-2/h3-5,11H,6-8H2,1-2H3,(H,17,18);1-2H3. The van der Waals surface area contributed by atoms with Crippen LogP contribution in [0.1, 0.15) is 26.3 Å². The van der Waals surface area contributed by atoms with Gasteiger partial charge in [0, 0.05) is 24.6 Å². The summed E-state index contributed by atoms with van der Waals surface area (Å²) in [5.74, 6) is -1.31. The Morgan fingerprint density at radius 2 is 2.13 bits per heavy atom. The van der Waals surface area contributed by atoms with E-state index in [-0.39, 0.29) is 18.6 Å². The monoisotopic (exact) mass is 363 g/mol. The lowest BCUT2D eigenvalue weighted by molar-refractivity contribution is -0.178. The van der Waals surface area contributed by atoms with Gasteiger partial charge in [-0.3, -0.25) is 4.79 Å². The van der Waals surface area contributed by atoms with Crippen LogP contribution in [-0.2, 0) is 24.8 Å². The third kappa shape index (κ3) is 5.33. The molecule has 5 nitrogen and oxygen atoms in total. The summed E-state index contributed by atoms with van der Waals surface area (Å²) in [5, 5.41) is 3.65. The minimum absolute atomic E-state index is 0.157. The van der Waals surface area contributed by atoms with Crippen molar-refractivity contribution in [3.05, 3.63) is 33.8 Å². The Morgan fingerprint density at radius 3 is 2.70 bits per heavy atom. The van der Waals surface area contributed by atoms with E-state index in [1.54, 1.807) is 25.3 Å². The summed E-state index contributed by atoms with van der Waals surface area (Å²) in [6.07, 6.45) is -0.226. The Kier molecular flexibility index (Phi) is 8.29. The molecule has 1 aliphatic heterocycles. The van der Waals surface area contributed by atoms with Gasteiger partial charge in [0.2, 0.25) is 11.7 Å². The number of rotatable bonds is 5. The first-order chi connectivity index (χ1) is 11.0. The highest BCUT2D eigenvalue weighted by molar-refractivity contribution is 6.35. The van der Waals surface area contributed by atoms with Crippen molar-refractivity contribution in [2.24, 2.45) is 0 Å². The molecule has 2 unspecified atom stereocenters. The van der Waals surface area contributed by atoms with Crippen molar-refractivity contribution in [3.8, 4) is 0 Å². The van der Waals surface area contributed by atoms with Gasteiger partial charge in [-0.2, -0.15) is 0 Å². The van der Waals surface area contributed by atoms with E-state index in [1.807, 2.05) is 13.8 Å². The number of carbonyl (C=O) groups excluding carboxylic acids is 1. The zero-order chi connectivity index (χ0) is 17.5. The van der Waals surface area contributed by atoms with Gasteiger partial charge < -0.3 is 19.5 Å². The second-order valence-corrected chi connectivity index (χ2v) is 5.64. The lowest BCUT2D eigenvalue weighted by Gasteiger charge is -2.29. The fourth-order valence-electron chi connectivity index (χ4n) is 2.20. The molecule has 1 amide bonds. The highest BCUT2D eigenvalue weighted by atomic mass is 35.5. The van der Waals surface area contributed by atoms with Gasteiger partial charge in [-0.15, -0.1) is 0 Å². The zero-order valence-electron chi connectivity index (χ0n) is 13.8. The average molecular weight is 364 g/mol. The summed E-state index contributed by atoms with van der Waals surface area (Å²) in [7, 11) is 1.59. The van der Waals surface area contributed by atoms with Crippen molar-refractivity contribution in [1.82, 2.24) is 5.32 Å². The smallest absolute Gasteiger partial charge is 0.217 e. The number of hydrogen-bond acceptors (Lipinski definition) is 4. The van der Waals surface area contributed by atoms with Gasteiger partial charge in [-0.25, -0.2) is 0 Å². The minimum atomic E-state index is -1.13. The van der Waals surface area contributed by atoms with Crippen LogP contribution in [0.3, 0.4) is 0 Å². The highest BCUT2D eigenvalue weighted by Crippen LogP contribution is 2.38. The summed E-state index contributed by atoms with van der Waals surface area (Å²) in [6, 6.07) is 5.06. The molecular weight excluding hydrogens is 341 g/mol. The maximum atomic E-state index is 11.2. The van der Waals surface area contributed by atoms with E-state index in [9.17, 15) is 4.79 Å². The van der Waals surface area contributed by atoms with E-state index in [1.165, 1.54) is 6.92 Å². The molecular formula is C16H23Cl2NO4. The van der Waals surface area contributed by atoms with Crippen LogP contribution in [0.2, 0.25) is 10.0 Å². The molecule has 23 heavy (non-hydrogen) atoms. The molecule has 0 spiro atoms. The summed E-state index contributed by atoms with van der Waals surface area (Å²) in [6.45, 7) is 6.34. The fraction of sp³-hybridized carbons (Fsp3) is 0.562. The third-order valence-electron chi connectivity index (χ3n) is 3.12. The van der Waals surface area contributed by atoms with Crippen LogP contribution < -0.4 is 5.32 Å².